The fourth-order valence-electron chi connectivity index (χ4n) is 2.72. The van der Waals surface area contributed by atoms with Gasteiger partial charge in [0.25, 0.3) is 11.5 Å². The van der Waals surface area contributed by atoms with Crippen LogP contribution in [0.25, 0.3) is 10.8 Å². The number of hydrogen-bond acceptors (Lipinski definition) is 3. The summed E-state index contributed by atoms with van der Waals surface area (Å²) in [5, 5.41) is 4.07. The van der Waals surface area contributed by atoms with Gasteiger partial charge in [-0.3, -0.25) is 14.6 Å². The predicted molar refractivity (Wildman–Crippen MR) is 99.9 cm³/mol. The van der Waals surface area contributed by atoms with Crippen LogP contribution in [0.1, 0.15) is 30.6 Å². The first-order valence-corrected chi connectivity index (χ1v) is 8.40. The summed E-state index contributed by atoms with van der Waals surface area (Å²) in [5.41, 5.74) is 1.05. The molecule has 0 aliphatic rings. The molecule has 25 heavy (non-hydrogen) atoms. The molecule has 0 aliphatic carbocycles. The number of amides is 1. The van der Waals surface area contributed by atoms with Crippen molar-refractivity contribution in [1.29, 1.82) is 0 Å². The highest BCUT2D eigenvalue weighted by Gasteiger charge is 2.15. The van der Waals surface area contributed by atoms with E-state index in [1.807, 2.05) is 18.2 Å². The van der Waals surface area contributed by atoms with E-state index in [2.05, 4.69) is 24.1 Å². The largest absolute Gasteiger partial charge is 0.321 e. The van der Waals surface area contributed by atoms with Crippen LogP contribution < -0.4 is 10.9 Å². The Hall–Kier alpha value is -2.95. The van der Waals surface area contributed by atoms with Gasteiger partial charge in [0.05, 0.1) is 17.4 Å². The summed E-state index contributed by atoms with van der Waals surface area (Å²) in [5.74, 6) is 0.230. The summed E-state index contributed by atoms with van der Waals surface area (Å²) in [4.78, 5) is 29.5. The smallest absolute Gasteiger partial charge is 0.258 e. The number of nitrogens with zero attached hydrogens (tertiary/aromatic N) is 2. The normalized spacial score (nSPS) is 11.0. The van der Waals surface area contributed by atoms with Crippen molar-refractivity contribution < 1.29 is 4.79 Å². The van der Waals surface area contributed by atoms with Crippen LogP contribution in [0.3, 0.4) is 0 Å². The first-order chi connectivity index (χ1) is 12.1. The minimum absolute atomic E-state index is 0.0609. The van der Waals surface area contributed by atoms with Gasteiger partial charge in [-0.1, -0.05) is 32.0 Å². The van der Waals surface area contributed by atoms with Crippen molar-refractivity contribution in [2.24, 2.45) is 5.92 Å². The van der Waals surface area contributed by atoms with E-state index in [-0.39, 0.29) is 11.5 Å². The third kappa shape index (κ3) is 3.76. The van der Waals surface area contributed by atoms with Crippen molar-refractivity contribution >= 4 is 22.4 Å². The zero-order valence-electron chi connectivity index (χ0n) is 14.4. The van der Waals surface area contributed by atoms with E-state index in [4.69, 9.17) is 0 Å². The average Bonchev–Trinajstić information content (AvgIpc) is 2.62. The number of benzene rings is 1. The third-order valence-electron chi connectivity index (χ3n) is 4.10. The van der Waals surface area contributed by atoms with Crippen LogP contribution in [0.15, 0.2) is 59.8 Å². The van der Waals surface area contributed by atoms with Gasteiger partial charge in [-0.2, -0.15) is 0 Å². The van der Waals surface area contributed by atoms with E-state index in [1.165, 1.54) is 0 Å². The first-order valence-electron chi connectivity index (χ1n) is 8.40. The molecule has 0 aliphatic heterocycles. The van der Waals surface area contributed by atoms with Crippen LogP contribution in [-0.2, 0) is 6.54 Å². The SMILES string of the molecule is CC(C)CCn1cc(C(=O)Nc2cccnc2)c2ccccc2c1=O. The second-order valence-electron chi connectivity index (χ2n) is 6.47. The fraction of sp³-hybridized carbons (Fsp3) is 0.250. The van der Waals surface area contributed by atoms with Crippen molar-refractivity contribution in [2.45, 2.75) is 26.8 Å². The van der Waals surface area contributed by atoms with Crippen LogP contribution in [-0.4, -0.2) is 15.5 Å². The molecule has 0 saturated heterocycles. The molecule has 0 fully saturated rings. The molecule has 0 atom stereocenters. The van der Waals surface area contributed by atoms with Gasteiger partial charge < -0.3 is 9.88 Å². The van der Waals surface area contributed by atoms with E-state index < -0.39 is 0 Å². The number of nitrogens with one attached hydrogen (secondary N) is 1. The number of carbonyl (C=O) groups is 1. The molecule has 0 spiro atoms. The van der Waals surface area contributed by atoms with Crippen LogP contribution in [0, 0.1) is 5.92 Å². The molecule has 2 heterocycles. The minimum atomic E-state index is -0.248. The topological polar surface area (TPSA) is 64.0 Å². The molecular formula is C20H21N3O2. The summed E-state index contributed by atoms with van der Waals surface area (Å²) in [6, 6.07) is 10.8. The molecule has 1 amide bonds. The van der Waals surface area contributed by atoms with Gasteiger partial charge in [-0.05, 0) is 30.5 Å². The Morgan fingerprint density at radius 2 is 1.92 bits per heavy atom. The Balaban J connectivity index is 2.05. The van der Waals surface area contributed by atoms with Gasteiger partial charge in [0.15, 0.2) is 0 Å². The Morgan fingerprint density at radius 3 is 2.60 bits per heavy atom. The first kappa shape index (κ1) is 16.9. The van der Waals surface area contributed by atoms with Crippen LogP contribution in [0.2, 0.25) is 0 Å². The number of pyridine rings is 2. The molecule has 0 unspecified atom stereocenters. The van der Waals surface area contributed by atoms with Gasteiger partial charge >= 0.3 is 0 Å². The van der Waals surface area contributed by atoms with E-state index in [1.54, 1.807) is 41.4 Å². The third-order valence-corrected chi connectivity index (χ3v) is 4.10. The summed E-state index contributed by atoms with van der Waals surface area (Å²) in [7, 11) is 0. The second-order valence-corrected chi connectivity index (χ2v) is 6.47. The van der Waals surface area contributed by atoms with Gasteiger partial charge in [0, 0.05) is 29.7 Å². The van der Waals surface area contributed by atoms with Crippen molar-refractivity contribution in [2.75, 3.05) is 5.32 Å². The number of rotatable bonds is 5. The maximum absolute atomic E-state index is 12.8. The van der Waals surface area contributed by atoms with Gasteiger partial charge in [0.2, 0.25) is 0 Å². The number of anilines is 1. The average molecular weight is 335 g/mol. The van der Waals surface area contributed by atoms with Gasteiger partial charge in [0.1, 0.15) is 0 Å². The lowest BCUT2D eigenvalue weighted by Gasteiger charge is -2.13. The predicted octanol–water partition coefficient (Wildman–Crippen LogP) is 3.69. The summed E-state index contributed by atoms with van der Waals surface area (Å²) < 4.78 is 1.64. The number of hydrogen-bond donors (Lipinski definition) is 1. The number of fused-ring (bicyclic) bond motifs is 1. The molecule has 3 aromatic rings. The van der Waals surface area contributed by atoms with Crippen molar-refractivity contribution in [3.63, 3.8) is 0 Å². The number of carbonyl (C=O) groups excluding carboxylic acids is 1. The van der Waals surface area contributed by atoms with Gasteiger partial charge in [-0.15, -0.1) is 0 Å². The van der Waals surface area contributed by atoms with E-state index in [0.29, 0.717) is 34.5 Å². The Bertz CT molecular complexity index is 946. The molecule has 128 valence electrons. The summed E-state index contributed by atoms with van der Waals surface area (Å²) in [6.07, 6.45) is 5.78. The second kappa shape index (κ2) is 7.30. The fourth-order valence-corrected chi connectivity index (χ4v) is 2.72. The Morgan fingerprint density at radius 1 is 1.16 bits per heavy atom. The zero-order valence-corrected chi connectivity index (χ0v) is 14.4. The minimum Gasteiger partial charge on any atom is -0.321 e. The van der Waals surface area contributed by atoms with Gasteiger partial charge in [-0.25, -0.2) is 0 Å². The molecule has 2 aromatic heterocycles. The lowest BCUT2D eigenvalue weighted by atomic mass is 10.1. The standard InChI is InChI=1S/C20H21N3O2/c1-14(2)9-11-23-13-18(16-7-3-4-8-17(16)20(23)25)19(24)22-15-6-5-10-21-12-15/h3-8,10,12-14H,9,11H2,1-2H3,(H,22,24). The van der Waals surface area contributed by atoms with Crippen LogP contribution >= 0.6 is 0 Å². The van der Waals surface area contributed by atoms with E-state index >= 15 is 0 Å². The molecule has 1 aromatic carbocycles. The van der Waals surface area contributed by atoms with Crippen molar-refractivity contribution in [3.8, 4) is 0 Å². The number of aryl methyl sites for hydroxylation is 1. The molecule has 0 bridgehead atoms. The maximum Gasteiger partial charge on any atom is 0.258 e. The molecule has 5 heteroatoms. The molecule has 3 rings (SSSR count). The molecule has 0 radical (unpaired) electrons. The van der Waals surface area contributed by atoms with Crippen LogP contribution in [0.4, 0.5) is 5.69 Å². The molecule has 5 nitrogen and oxygen atoms in total. The van der Waals surface area contributed by atoms with Crippen molar-refractivity contribution in [3.05, 3.63) is 70.9 Å². The van der Waals surface area contributed by atoms with Crippen LogP contribution in [0.5, 0.6) is 0 Å². The zero-order chi connectivity index (χ0) is 17.8. The number of aromatic nitrogens is 2. The lowest BCUT2D eigenvalue weighted by Crippen LogP contribution is -2.24. The van der Waals surface area contributed by atoms with E-state index in [9.17, 15) is 9.59 Å². The summed E-state index contributed by atoms with van der Waals surface area (Å²) in [6.45, 7) is 4.82. The quantitative estimate of drug-likeness (QED) is 0.773. The summed E-state index contributed by atoms with van der Waals surface area (Å²) >= 11 is 0. The molecule has 1 N–H and O–H groups in total. The highest BCUT2D eigenvalue weighted by Crippen LogP contribution is 2.18. The molecular weight excluding hydrogens is 314 g/mol. The Labute approximate surface area is 146 Å². The van der Waals surface area contributed by atoms with Crippen molar-refractivity contribution in [1.82, 2.24) is 9.55 Å². The molecule has 0 saturated carbocycles. The highest BCUT2D eigenvalue weighted by molar-refractivity contribution is 6.12. The Kier molecular flexibility index (Phi) is 4.93. The van der Waals surface area contributed by atoms with E-state index in [0.717, 1.165) is 6.42 Å². The lowest BCUT2D eigenvalue weighted by molar-refractivity contribution is 0.102. The monoisotopic (exact) mass is 335 g/mol. The maximum atomic E-state index is 12.8. The highest BCUT2D eigenvalue weighted by atomic mass is 16.2.